The van der Waals surface area contributed by atoms with Gasteiger partial charge in [-0.1, -0.05) is 19.4 Å². The first-order valence-electron chi connectivity index (χ1n) is 16.0. The normalized spacial score (nSPS) is 19.2. The van der Waals surface area contributed by atoms with E-state index in [1.807, 2.05) is 20.8 Å². The Bertz CT molecular complexity index is 1940. The average Bonchev–Trinajstić information content (AvgIpc) is 3.70. The smallest absolute Gasteiger partial charge is 0.302 e. The van der Waals surface area contributed by atoms with E-state index in [1.165, 1.54) is 32.2 Å². The molecule has 0 radical (unpaired) electrons. The number of hydrogen-bond acceptors (Lipinski definition) is 10. The summed E-state index contributed by atoms with van der Waals surface area (Å²) in [5, 5.41) is 0.394. The summed E-state index contributed by atoms with van der Waals surface area (Å²) in [4.78, 5) is 38.8. The van der Waals surface area contributed by atoms with Crippen LogP contribution >= 0.6 is 11.3 Å². The minimum atomic E-state index is -3.97. The van der Waals surface area contributed by atoms with Gasteiger partial charge in [0.2, 0.25) is 27.5 Å². The molecule has 0 bridgehead atoms. The van der Waals surface area contributed by atoms with Crippen LogP contribution in [0.15, 0.2) is 46.5 Å². The number of rotatable bonds is 11. The van der Waals surface area contributed by atoms with E-state index in [1.54, 1.807) is 28.1 Å². The quantitative estimate of drug-likeness (QED) is 0.216. The predicted octanol–water partition coefficient (Wildman–Crippen LogP) is 3.19. The molecule has 4 aromatic rings. The van der Waals surface area contributed by atoms with Crippen LogP contribution in [0.25, 0.3) is 16.5 Å². The Morgan fingerprint density at radius 1 is 1.15 bits per heavy atom. The summed E-state index contributed by atoms with van der Waals surface area (Å²) in [5.74, 6) is -0.469. The van der Waals surface area contributed by atoms with Gasteiger partial charge in [0.05, 0.1) is 36.9 Å². The number of carbonyl (C=O) groups is 1. The van der Waals surface area contributed by atoms with Crippen molar-refractivity contribution in [2.24, 2.45) is 0 Å². The number of carbonyl (C=O) groups excluding carboxylic acids is 1. The Morgan fingerprint density at radius 2 is 1.90 bits per heavy atom. The number of nitrogens with zero attached hydrogens (tertiary/aromatic N) is 6. The highest BCUT2D eigenvalue weighted by atomic mass is 32.2. The van der Waals surface area contributed by atoms with Crippen LogP contribution in [-0.4, -0.2) is 101 Å². The minimum Gasteiger partial charge on any atom is -0.486 e. The van der Waals surface area contributed by atoms with Gasteiger partial charge in [-0.05, 0) is 38.0 Å². The fraction of sp³-hybridized carbons (Fsp3) is 0.500. The standard InChI is InChI=1S/C32H39FN6O7S2/c1-4-5-12-45-29-28(35-32-36(8-9-39(32)31(29)41)20-27(40)37-18-21(2)46-22(3)19-37)30-34-17-25(47-30)15-23-6-7-24(33)16-26(23)48(42,43)38-10-13-44-14-11-38/h6-9,16-17,21-22H,4-5,10-15,18-20H2,1-3H3/t21-,22-/m0/s1. The lowest BCUT2D eigenvalue weighted by atomic mass is 10.1. The molecule has 6 rings (SSSR count). The van der Waals surface area contributed by atoms with E-state index in [-0.39, 0.29) is 79.5 Å². The summed E-state index contributed by atoms with van der Waals surface area (Å²) in [6.07, 6.45) is 6.38. The maximum Gasteiger partial charge on any atom is 0.302 e. The Morgan fingerprint density at radius 3 is 2.62 bits per heavy atom. The molecule has 2 saturated heterocycles. The van der Waals surface area contributed by atoms with Crippen molar-refractivity contribution >= 4 is 33.0 Å². The van der Waals surface area contributed by atoms with Crippen molar-refractivity contribution in [3.8, 4) is 16.5 Å². The lowest BCUT2D eigenvalue weighted by molar-refractivity contribution is -0.143. The fourth-order valence-corrected chi connectivity index (χ4v) is 8.49. The molecule has 0 aliphatic carbocycles. The molecule has 2 aliphatic rings. The second kappa shape index (κ2) is 14.4. The zero-order valence-electron chi connectivity index (χ0n) is 27.1. The number of sulfonamides is 1. The molecular weight excluding hydrogens is 664 g/mol. The lowest BCUT2D eigenvalue weighted by Gasteiger charge is -2.35. The van der Waals surface area contributed by atoms with Crippen molar-refractivity contribution in [3.63, 3.8) is 0 Å². The summed E-state index contributed by atoms with van der Waals surface area (Å²) in [5.41, 5.74) is 0.217. The van der Waals surface area contributed by atoms with Crippen LogP contribution in [-0.2, 0) is 37.3 Å². The van der Waals surface area contributed by atoms with Crippen LogP contribution < -0.4 is 10.3 Å². The van der Waals surface area contributed by atoms with Crippen molar-refractivity contribution in [2.75, 3.05) is 46.0 Å². The largest absolute Gasteiger partial charge is 0.486 e. The van der Waals surface area contributed by atoms with Gasteiger partial charge in [0.1, 0.15) is 17.4 Å². The highest BCUT2D eigenvalue weighted by Crippen LogP contribution is 2.33. The van der Waals surface area contributed by atoms with Crippen molar-refractivity contribution in [3.05, 3.63) is 63.4 Å². The summed E-state index contributed by atoms with van der Waals surface area (Å²) in [6.45, 7) is 8.01. The summed E-state index contributed by atoms with van der Waals surface area (Å²) >= 11 is 1.23. The van der Waals surface area contributed by atoms with Crippen LogP contribution in [0.3, 0.4) is 0 Å². The topological polar surface area (TPSA) is 138 Å². The molecule has 0 unspecified atom stereocenters. The van der Waals surface area contributed by atoms with Gasteiger partial charge in [0.15, 0.2) is 5.69 Å². The van der Waals surface area contributed by atoms with E-state index in [0.717, 1.165) is 18.9 Å². The van der Waals surface area contributed by atoms with E-state index < -0.39 is 21.4 Å². The molecule has 13 nitrogen and oxygen atoms in total. The predicted molar refractivity (Wildman–Crippen MR) is 176 cm³/mol. The van der Waals surface area contributed by atoms with E-state index in [4.69, 9.17) is 19.2 Å². The van der Waals surface area contributed by atoms with Gasteiger partial charge in [0, 0.05) is 56.1 Å². The van der Waals surface area contributed by atoms with E-state index in [2.05, 4.69) is 4.98 Å². The van der Waals surface area contributed by atoms with Crippen molar-refractivity contribution in [1.82, 2.24) is 28.1 Å². The number of hydrogen-bond donors (Lipinski definition) is 0. The molecule has 0 saturated carbocycles. The van der Waals surface area contributed by atoms with Crippen molar-refractivity contribution in [1.29, 1.82) is 0 Å². The molecule has 1 amide bonds. The van der Waals surface area contributed by atoms with Gasteiger partial charge in [-0.2, -0.15) is 4.31 Å². The first-order chi connectivity index (χ1) is 23.0. The number of imidazole rings is 1. The number of thiazole rings is 1. The molecule has 0 spiro atoms. The van der Waals surface area contributed by atoms with E-state index in [9.17, 15) is 22.4 Å². The van der Waals surface area contributed by atoms with Gasteiger partial charge in [-0.15, -0.1) is 11.3 Å². The molecule has 48 heavy (non-hydrogen) atoms. The first-order valence-corrected chi connectivity index (χ1v) is 18.3. The molecule has 16 heteroatoms. The molecule has 2 aliphatic heterocycles. The molecule has 0 N–H and O–H groups in total. The Labute approximate surface area is 281 Å². The van der Waals surface area contributed by atoms with Crippen LogP contribution in [0.5, 0.6) is 5.75 Å². The van der Waals surface area contributed by atoms with E-state index in [0.29, 0.717) is 35.1 Å². The average molecular weight is 703 g/mol. The number of amides is 1. The number of aromatic nitrogens is 4. The van der Waals surface area contributed by atoms with E-state index >= 15 is 0 Å². The maximum absolute atomic E-state index is 14.4. The third kappa shape index (κ3) is 7.17. The minimum absolute atomic E-state index is 0.0219. The van der Waals surface area contributed by atoms with Gasteiger partial charge in [0.25, 0.3) is 0 Å². The molecule has 2 fully saturated rings. The zero-order valence-corrected chi connectivity index (χ0v) is 28.8. The number of fused-ring (bicyclic) bond motifs is 1. The Balaban J connectivity index is 1.33. The number of benzene rings is 1. The number of morpholine rings is 2. The highest BCUT2D eigenvalue weighted by molar-refractivity contribution is 7.89. The van der Waals surface area contributed by atoms with Gasteiger partial charge < -0.3 is 23.7 Å². The van der Waals surface area contributed by atoms with Gasteiger partial charge >= 0.3 is 5.56 Å². The van der Waals surface area contributed by atoms with Crippen LogP contribution in [0.2, 0.25) is 0 Å². The third-order valence-electron chi connectivity index (χ3n) is 8.27. The third-order valence-corrected chi connectivity index (χ3v) is 11.3. The van der Waals surface area contributed by atoms with Gasteiger partial charge in [-0.3, -0.25) is 9.59 Å². The van der Waals surface area contributed by atoms with Crippen molar-refractivity contribution < 1.29 is 31.8 Å². The number of ether oxygens (including phenoxy) is 3. The summed E-state index contributed by atoms with van der Waals surface area (Å²) < 4.78 is 62.8. The molecular formula is C32H39FN6O7S2. The highest BCUT2D eigenvalue weighted by Gasteiger charge is 2.30. The summed E-state index contributed by atoms with van der Waals surface area (Å²) in [6, 6.07) is 3.75. The van der Waals surface area contributed by atoms with Crippen LogP contribution in [0.4, 0.5) is 4.39 Å². The number of unbranched alkanes of at least 4 members (excludes halogenated alkanes) is 1. The van der Waals surface area contributed by atoms with Crippen LogP contribution in [0, 0.1) is 5.82 Å². The lowest BCUT2D eigenvalue weighted by Crippen LogP contribution is -2.49. The Hall–Kier alpha value is -3.70. The zero-order chi connectivity index (χ0) is 34.0. The monoisotopic (exact) mass is 702 g/mol. The molecule has 3 aromatic heterocycles. The molecule has 1 aromatic carbocycles. The second-order valence-corrected chi connectivity index (χ2v) is 15.0. The van der Waals surface area contributed by atoms with Crippen molar-refractivity contribution in [2.45, 2.75) is 63.7 Å². The van der Waals surface area contributed by atoms with Crippen LogP contribution in [0.1, 0.15) is 44.1 Å². The maximum atomic E-state index is 14.4. The fourth-order valence-electron chi connectivity index (χ4n) is 5.93. The Kier molecular flexibility index (Phi) is 10.3. The SMILES string of the molecule is CCCCOc1c(-c2ncc(Cc3ccc(F)cc3S(=O)(=O)N3CCOCC3)s2)nc2n(CC(=O)N3C[C@H](C)O[C@@H](C)C3)ccn2c1=O. The molecule has 5 heterocycles. The second-order valence-electron chi connectivity index (χ2n) is 12.0. The number of halogens is 1. The summed E-state index contributed by atoms with van der Waals surface area (Å²) in [7, 11) is -3.97. The first kappa shape index (κ1) is 34.2. The molecule has 258 valence electrons. The molecule has 2 atom stereocenters. The van der Waals surface area contributed by atoms with Gasteiger partial charge in [-0.25, -0.2) is 27.2 Å².